The molecule has 66 valence electrons. The maximum absolute atomic E-state index is 5.84. The maximum atomic E-state index is 5.84. The highest BCUT2D eigenvalue weighted by Crippen LogP contribution is 2.32. The molecule has 0 unspecified atom stereocenters. The zero-order valence-corrected chi connectivity index (χ0v) is 8.51. The van der Waals surface area contributed by atoms with Crippen molar-refractivity contribution in [3.8, 4) is 0 Å². The number of nitrogens with two attached hydrogens (primary N) is 2. The third-order valence-electron chi connectivity index (χ3n) is 2.06. The molecule has 0 heterocycles. The van der Waals surface area contributed by atoms with E-state index in [4.69, 9.17) is 11.5 Å². The van der Waals surface area contributed by atoms with Crippen molar-refractivity contribution in [1.82, 2.24) is 0 Å². The second-order valence-electron chi connectivity index (χ2n) is 2.91. The van der Waals surface area contributed by atoms with Crippen LogP contribution in [-0.4, -0.2) is 0 Å². The van der Waals surface area contributed by atoms with Crippen LogP contribution in [0.2, 0.25) is 0 Å². The average molecular weight is 237 g/mol. The predicted molar refractivity (Wildman–Crippen MR) is 60.5 cm³/mol. The van der Waals surface area contributed by atoms with Gasteiger partial charge in [0.15, 0.2) is 0 Å². The molecule has 0 aliphatic carbocycles. The minimum Gasteiger partial charge on any atom is -0.398 e. The summed E-state index contributed by atoms with van der Waals surface area (Å²) in [6.07, 6.45) is 0. The fraction of sp³-hybridized carbons (Fsp3) is 0. The first-order valence-corrected chi connectivity index (χ1v) is 4.71. The van der Waals surface area contributed by atoms with Crippen LogP contribution in [0.3, 0.4) is 0 Å². The van der Waals surface area contributed by atoms with Crippen molar-refractivity contribution in [3.05, 3.63) is 34.8 Å². The smallest absolute Gasteiger partial charge is 0.0406 e. The second kappa shape index (κ2) is 2.92. The van der Waals surface area contributed by atoms with Crippen molar-refractivity contribution in [2.75, 3.05) is 11.5 Å². The summed E-state index contributed by atoms with van der Waals surface area (Å²) in [5.74, 6) is 0. The van der Waals surface area contributed by atoms with Crippen LogP contribution in [0.4, 0.5) is 11.4 Å². The van der Waals surface area contributed by atoms with E-state index in [1.54, 1.807) is 0 Å². The highest BCUT2D eigenvalue weighted by Gasteiger charge is 2.03. The number of halogens is 1. The van der Waals surface area contributed by atoms with Crippen molar-refractivity contribution in [2.45, 2.75) is 0 Å². The van der Waals surface area contributed by atoms with Crippen LogP contribution in [0, 0.1) is 0 Å². The first-order chi connectivity index (χ1) is 6.20. The van der Waals surface area contributed by atoms with E-state index in [1.165, 1.54) is 0 Å². The number of hydrogen-bond donors (Lipinski definition) is 2. The van der Waals surface area contributed by atoms with Gasteiger partial charge in [-0.05, 0) is 18.2 Å². The van der Waals surface area contributed by atoms with Crippen molar-refractivity contribution in [2.24, 2.45) is 0 Å². The summed E-state index contributed by atoms with van der Waals surface area (Å²) in [5, 5.41) is 1.98. The number of fused-ring (bicyclic) bond motifs is 1. The molecule has 4 N–H and O–H groups in total. The second-order valence-corrected chi connectivity index (χ2v) is 3.76. The minimum atomic E-state index is 0.747. The minimum absolute atomic E-state index is 0.747. The zero-order chi connectivity index (χ0) is 9.42. The molecule has 0 aliphatic rings. The summed E-state index contributed by atoms with van der Waals surface area (Å²) in [6.45, 7) is 0. The Morgan fingerprint density at radius 2 is 1.62 bits per heavy atom. The summed E-state index contributed by atoms with van der Waals surface area (Å²) >= 11 is 3.45. The van der Waals surface area contributed by atoms with E-state index in [0.717, 1.165) is 26.6 Å². The Hall–Kier alpha value is -1.22. The van der Waals surface area contributed by atoms with E-state index < -0.39 is 0 Å². The molecule has 2 nitrogen and oxygen atoms in total. The first kappa shape index (κ1) is 8.38. The van der Waals surface area contributed by atoms with Gasteiger partial charge in [-0.2, -0.15) is 0 Å². The van der Waals surface area contributed by atoms with Gasteiger partial charge in [-0.3, -0.25) is 0 Å². The molecule has 0 aliphatic heterocycles. The van der Waals surface area contributed by atoms with E-state index in [1.807, 2.05) is 30.3 Å². The van der Waals surface area contributed by atoms with Crippen LogP contribution in [0.25, 0.3) is 10.8 Å². The monoisotopic (exact) mass is 236 g/mol. The molecule has 2 aromatic carbocycles. The molecule has 2 aromatic rings. The van der Waals surface area contributed by atoms with E-state index in [9.17, 15) is 0 Å². The largest absolute Gasteiger partial charge is 0.398 e. The van der Waals surface area contributed by atoms with Gasteiger partial charge in [0.2, 0.25) is 0 Å². The lowest BCUT2D eigenvalue weighted by Gasteiger charge is -2.06. The van der Waals surface area contributed by atoms with Gasteiger partial charge in [0.25, 0.3) is 0 Å². The Labute approximate surface area is 84.7 Å². The molecule has 0 saturated carbocycles. The summed E-state index contributed by atoms with van der Waals surface area (Å²) in [6, 6.07) is 9.51. The molecule has 0 saturated heterocycles. The molecule has 0 radical (unpaired) electrons. The van der Waals surface area contributed by atoms with E-state index in [2.05, 4.69) is 15.9 Å². The summed E-state index contributed by atoms with van der Waals surface area (Å²) < 4.78 is 0.981. The van der Waals surface area contributed by atoms with Crippen molar-refractivity contribution >= 4 is 38.1 Å². The van der Waals surface area contributed by atoms with Crippen LogP contribution in [0.5, 0.6) is 0 Å². The van der Waals surface area contributed by atoms with Gasteiger partial charge in [0, 0.05) is 26.6 Å². The van der Waals surface area contributed by atoms with Crippen molar-refractivity contribution in [1.29, 1.82) is 0 Å². The van der Waals surface area contributed by atoms with Gasteiger partial charge in [-0.15, -0.1) is 0 Å². The zero-order valence-electron chi connectivity index (χ0n) is 6.92. The van der Waals surface area contributed by atoms with E-state index >= 15 is 0 Å². The number of rotatable bonds is 0. The lowest BCUT2D eigenvalue weighted by molar-refractivity contribution is 1.68. The topological polar surface area (TPSA) is 52.0 Å². The summed E-state index contributed by atoms with van der Waals surface area (Å²) in [5.41, 5.74) is 13.2. The van der Waals surface area contributed by atoms with Gasteiger partial charge in [-0.1, -0.05) is 28.1 Å². The van der Waals surface area contributed by atoms with Crippen molar-refractivity contribution < 1.29 is 0 Å². The Morgan fingerprint density at radius 1 is 0.923 bits per heavy atom. The first-order valence-electron chi connectivity index (χ1n) is 3.92. The Kier molecular flexibility index (Phi) is 1.88. The van der Waals surface area contributed by atoms with Crippen molar-refractivity contribution in [3.63, 3.8) is 0 Å². The Balaban J connectivity index is 3.00. The normalized spacial score (nSPS) is 10.5. The molecule has 3 heteroatoms. The Bertz CT molecular complexity index is 457. The third-order valence-corrected chi connectivity index (χ3v) is 2.72. The van der Waals surface area contributed by atoms with Gasteiger partial charge in [0.05, 0.1) is 0 Å². The molecular weight excluding hydrogens is 228 g/mol. The average Bonchev–Trinajstić information content (AvgIpc) is 2.12. The van der Waals surface area contributed by atoms with Crippen LogP contribution in [0.15, 0.2) is 34.8 Å². The predicted octanol–water partition coefficient (Wildman–Crippen LogP) is 2.77. The molecule has 2 rings (SSSR count). The lowest BCUT2D eigenvalue weighted by atomic mass is 10.1. The quantitative estimate of drug-likeness (QED) is 0.692. The lowest BCUT2D eigenvalue weighted by Crippen LogP contribution is -1.92. The van der Waals surface area contributed by atoms with Gasteiger partial charge >= 0.3 is 0 Å². The molecule has 0 bridgehead atoms. The summed E-state index contributed by atoms with van der Waals surface area (Å²) in [7, 11) is 0. The Morgan fingerprint density at radius 3 is 2.31 bits per heavy atom. The molecule has 0 amide bonds. The fourth-order valence-electron chi connectivity index (χ4n) is 1.41. The van der Waals surface area contributed by atoms with Gasteiger partial charge < -0.3 is 11.5 Å². The standard InChI is InChI=1S/C10H9BrN2/c11-7-3-1-2-6-8(12)4-5-9(13)10(6)7/h1-5H,12-13H2. The van der Waals surface area contributed by atoms with E-state index in [-0.39, 0.29) is 0 Å². The molecule has 0 spiro atoms. The van der Waals surface area contributed by atoms with Crippen LogP contribution < -0.4 is 11.5 Å². The van der Waals surface area contributed by atoms with Crippen LogP contribution in [0.1, 0.15) is 0 Å². The molecular formula is C10H9BrN2. The van der Waals surface area contributed by atoms with Crippen LogP contribution >= 0.6 is 15.9 Å². The maximum Gasteiger partial charge on any atom is 0.0406 e. The van der Waals surface area contributed by atoms with Gasteiger partial charge in [0.1, 0.15) is 0 Å². The number of anilines is 2. The number of nitrogen functional groups attached to an aromatic ring is 2. The highest BCUT2D eigenvalue weighted by molar-refractivity contribution is 9.10. The van der Waals surface area contributed by atoms with Crippen LogP contribution in [-0.2, 0) is 0 Å². The molecule has 0 aromatic heterocycles. The molecule has 13 heavy (non-hydrogen) atoms. The van der Waals surface area contributed by atoms with E-state index in [0.29, 0.717) is 0 Å². The number of hydrogen-bond acceptors (Lipinski definition) is 2. The highest BCUT2D eigenvalue weighted by atomic mass is 79.9. The molecule has 0 atom stereocenters. The summed E-state index contributed by atoms with van der Waals surface area (Å²) in [4.78, 5) is 0. The van der Waals surface area contributed by atoms with Gasteiger partial charge in [-0.25, -0.2) is 0 Å². The number of benzene rings is 2. The SMILES string of the molecule is Nc1ccc(N)c2c(Br)cccc12. The molecule has 0 fully saturated rings. The third kappa shape index (κ3) is 1.25. The fourth-order valence-corrected chi connectivity index (χ4v) is 2.01.